The van der Waals surface area contributed by atoms with Crippen molar-refractivity contribution >= 4 is 11.3 Å². The number of hydrogen-bond donors (Lipinski definition) is 2. The predicted molar refractivity (Wildman–Crippen MR) is 62.1 cm³/mol. The quantitative estimate of drug-likeness (QED) is 0.767. The maximum Gasteiger partial charge on any atom is 0.162 e. The number of anilines is 1. The van der Waals surface area contributed by atoms with Crippen molar-refractivity contribution in [1.29, 1.82) is 0 Å². The molecule has 0 saturated carbocycles. The Morgan fingerprint density at radius 1 is 1.50 bits per heavy atom. The van der Waals surface area contributed by atoms with Crippen molar-refractivity contribution in [2.75, 3.05) is 18.8 Å². The Bertz CT molecular complexity index is 498. The van der Waals surface area contributed by atoms with Gasteiger partial charge in [-0.25, -0.2) is 0 Å². The predicted octanol–water partition coefficient (Wildman–Crippen LogP) is 0.463. The zero-order valence-corrected chi connectivity index (χ0v) is 9.06. The van der Waals surface area contributed by atoms with E-state index in [1.54, 1.807) is 0 Å². The highest BCUT2D eigenvalue weighted by Gasteiger charge is 2.17. The fourth-order valence-electron chi connectivity index (χ4n) is 2.24. The van der Waals surface area contributed by atoms with E-state index in [2.05, 4.69) is 15.5 Å². The number of nitrogen functional groups attached to an aromatic ring is 1. The molecule has 3 heterocycles. The Morgan fingerprint density at radius 2 is 2.44 bits per heavy atom. The molecule has 1 aliphatic heterocycles. The lowest BCUT2D eigenvalue weighted by atomic mass is 10.1. The van der Waals surface area contributed by atoms with Gasteiger partial charge in [0.05, 0.1) is 0 Å². The van der Waals surface area contributed by atoms with Crippen molar-refractivity contribution in [2.24, 2.45) is 5.92 Å². The second-order valence-electron chi connectivity index (χ2n) is 4.37. The van der Waals surface area contributed by atoms with Crippen LogP contribution in [0.4, 0.5) is 5.69 Å². The first-order chi connectivity index (χ1) is 7.83. The van der Waals surface area contributed by atoms with Crippen LogP contribution in [0.1, 0.15) is 12.2 Å². The summed E-state index contributed by atoms with van der Waals surface area (Å²) in [7, 11) is 0. The summed E-state index contributed by atoms with van der Waals surface area (Å²) in [5, 5.41) is 11.7. The Kier molecular flexibility index (Phi) is 2.25. The molecular formula is C11H15N5. The van der Waals surface area contributed by atoms with Crippen LogP contribution in [0.25, 0.3) is 5.65 Å². The molecule has 0 bridgehead atoms. The zero-order chi connectivity index (χ0) is 11.0. The summed E-state index contributed by atoms with van der Waals surface area (Å²) in [5.41, 5.74) is 7.27. The summed E-state index contributed by atoms with van der Waals surface area (Å²) < 4.78 is 2.02. The van der Waals surface area contributed by atoms with E-state index in [1.165, 1.54) is 6.42 Å². The standard InChI is InChI=1S/C11H15N5/c12-9-2-4-16-10(14-15-11(16)6-9)5-8-1-3-13-7-8/h2,4,6,8,13H,1,3,5,7,12H2. The topological polar surface area (TPSA) is 68.2 Å². The highest BCUT2D eigenvalue weighted by molar-refractivity contribution is 5.51. The van der Waals surface area contributed by atoms with E-state index in [0.717, 1.165) is 36.7 Å². The molecule has 1 unspecified atom stereocenters. The molecule has 1 saturated heterocycles. The molecule has 2 aromatic heterocycles. The van der Waals surface area contributed by atoms with Gasteiger partial charge in [-0.05, 0) is 31.5 Å². The maximum absolute atomic E-state index is 5.71. The lowest BCUT2D eigenvalue weighted by molar-refractivity contribution is 0.558. The lowest BCUT2D eigenvalue weighted by Gasteiger charge is -2.06. The molecule has 16 heavy (non-hydrogen) atoms. The van der Waals surface area contributed by atoms with Gasteiger partial charge in [-0.1, -0.05) is 0 Å². The Hall–Kier alpha value is -1.62. The van der Waals surface area contributed by atoms with Gasteiger partial charge in [0.25, 0.3) is 0 Å². The molecule has 2 aromatic rings. The Morgan fingerprint density at radius 3 is 3.25 bits per heavy atom. The van der Waals surface area contributed by atoms with Gasteiger partial charge < -0.3 is 11.1 Å². The smallest absolute Gasteiger partial charge is 0.162 e. The van der Waals surface area contributed by atoms with Crippen molar-refractivity contribution in [3.8, 4) is 0 Å². The fraction of sp³-hybridized carbons (Fsp3) is 0.455. The van der Waals surface area contributed by atoms with Crippen LogP contribution in [0, 0.1) is 5.92 Å². The third-order valence-electron chi connectivity index (χ3n) is 3.14. The SMILES string of the molecule is Nc1ccn2c(CC3CCNC3)nnc2c1. The van der Waals surface area contributed by atoms with Gasteiger partial charge in [-0.15, -0.1) is 10.2 Å². The van der Waals surface area contributed by atoms with E-state index < -0.39 is 0 Å². The first-order valence-corrected chi connectivity index (χ1v) is 5.63. The molecule has 1 fully saturated rings. The van der Waals surface area contributed by atoms with Crippen LogP contribution in [0.15, 0.2) is 18.3 Å². The number of fused-ring (bicyclic) bond motifs is 1. The number of aromatic nitrogens is 3. The van der Waals surface area contributed by atoms with Crippen molar-refractivity contribution in [3.05, 3.63) is 24.2 Å². The molecule has 1 aliphatic rings. The minimum Gasteiger partial charge on any atom is -0.399 e. The zero-order valence-electron chi connectivity index (χ0n) is 9.06. The van der Waals surface area contributed by atoms with Gasteiger partial charge in [0, 0.05) is 24.4 Å². The molecule has 3 N–H and O–H groups in total. The summed E-state index contributed by atoms with van der Waals surface area (Å²) in [4.78, 5) is 0. The van der Waals surface area contributed by atoms with E-state index in [0.29, 0.717) is 5.92 Å². The molecule has 1 atom stereocenters. The number of pyridine rings is 1. The van der Waals surface area contributed by atoms with Crippen molar-refractivity contribution in [2.45, 2.75) is 12.8 Å². The summed E-state index contributed by atoms with van der Waals surface area (Å²) in [6.07, 6.45) is 4.16. The monoisotopic (exact) mass is 217 g/mol. The van der Waals surface area contributed by atoms with Crippen molar-refractivity contribution < 1.29 is 0 Å². The first-order valence-electron chi connectivity index (χ1n) is 5.63. The highest BCUT2D eigenvalue weighted by Crippen LogP contribution is 2.15. The minimum absolute atomic E-state index is 0.685. The molecule has 84 valence electrons. The normalized spacial score (nSPS) is 20.6. The third kappa shape index (κ3) is 1.63. The van der Waals surface area contributed by atoms with E-state index in [1.807, 2.05) is 22.7 Å². The van der Waals surface area contributed by atoms with Crippen LogP contribution in [-0.4, -0.2) is 27.7 Å². The van der Waals surface area contributed by atoms with Gasteiger partial charge >= 0.3 is 0 Å². The number of nitrogens with two attached hydrogens (primary N) is 1. The highest BCUT2D eigenvalue weighted by atomic mass is 15.2. The summed E-state index contributed by atoms with van der Waals surface area (Å²) in [5.74, 6) is 1.72. The fourth-order valence-corrected chi connectivity index (χ4v) is 2.24. The molecule has 5 heteroatoms. The minimum atomic E-state index is 0.685. The summed E-state index contributed by atoms with van der Waals surface area (Å²) >= 11 is 0. The number of nitrogens with one attached hydrogen (secondary N) is 1. The molecular weight excluding hydrogens is 202 g/mol. The molecule has 0 amide bonds. The van der Waals surface area contributed by atoms with Gasteiger partial charge in [-0.2, -0.15) is 0 Å². The van der Waals surface area contributed by atoms with E-state index in [9.17, 15) is 0 Å². The number of rotatable bonds is 2. The molecule has 5 nitrogen and oxygen atoms in total. The molecule has 0 aromatic carbocycles. The second kappa shape index (κ2) is 3.75. The Labute approximate surface area is 93.7 Å². The van der Waals surface area contributed by atoms with Crippen LogP contribution >= 0.6 is 0 Å². The van der Waals surface area contributed by atoms with Gasteiger partial charge in [-0.3, -0.25) is 4.40 Å². The van der Waals surface area contributed by atoms with Crippen molar-refractivity contribution in [1.82, 2.24) is 19.9 Å². The van der Waals surface area contributed by atoms with Gasteiger partial charge in [0.1, 0.15) is 5.82 Å². The number of nitrogens with zero attached hydrogens (tertiary/aromatic N) is 3. The van der Waals surface area contributed by atoms with Crippen LogP contribution in [0.5, 0.6) is 0 Å². The van der Waals surface area contributed by atoms with Crippen LogP contribution < -0.4 is 11.1 Å². The van der Waals surface area contributed by atoms with Gasteiger partial charge in [0.2, 0.25) is 0 Å². The first kappa shape index (κ1) is 9.59. The average Bonchev–Trinajstić information content (AvgIpc) is 2.89. The van der Waals surface area contributed by atoms with E-state index >= 15 is 0 Å². The summed E-state index contributed by atoms with van der Waals surface area (Å²) in [6, 6.07) is 3.73. The van der Waals surface area contributed by atoms with Gasteiger partial charge in [0.15, 0.2) is 5.65 Å². The Balaban J connectivity index is 1.91. The van der Waals surface area contributed by atoms with E-state index in [4.69, 9.17) is 5.73 Å². The maximum atomic E-state index is 5.71. The van der Waals surface area contributed by atoms with Crippen molar-refractivity contribution in [3.63, 3.8) is 0 Å². The molecule has 0 radical (unpaired) electrons. The number of hydrogen-bond acceptors (Lipinski definition) is 4. The largest absolute Gasteiger partial charge is 0.399 e. The third-order valence-corrected chi connectivity index (χ3v) is 3.14. The molecule has 0 aliphatic carbocycles. The van der Waals surface area contributed by atoms with Crippen LogP contribution in [-0.2, 0) is 6.42 Å². The average molecular weight is 217 g/mol. The van der Waals surface area contributed by atoms with Crippen LogP contribution in [0.3, 0.4) is 0 Å². The lowest BCUT2D eigenvalue weighted by Crippen LogP contribution is -2.12. The summed E-state index contributed by atoms with van der Waals surface area (Å²) in [6.45, 7) is 2.21. The van der Waals surface area contributed by atoms with Crippen LogP contribution in [0.2, 0.25) is 0 Å². The molecule has 0 spiro atoms. The molecule has 3 rings (SSSR count). The van der Waals surface area contributed by atoms with E-state index in [-0.39, 0.29) is 0 Å². The second-order valence-corrected chi connectivity index (χ2v) is 4.37.